The number of carbonyl (C=O) groups excluding carboxylic acids is 2. The SMILES string of the molecule is CC(O)(C(=O)Nc1cc2c(cc1Br)-c1ccccc1C2=O)C(F)(F)F. The molecule has 1 amide bonds. The summed E-state index contributed by atoms with van der Waals surface area (Å²) in [5, 5.41) is 11.5. The zero-order chi connectivity index (χ0) is 18.6. The first-order valence-corrected chi connectivity index (χ1v) is 7.91. The Morgan fingerprint density at radius 3 is 2.28 bits per heavy atom. The van der Waals surface area contributed by atoms with Crippen molar-refractivity contribution in [1.29, 1.82) is 0 Å². The van der Waals surface area contributed by atoms with Crippen LogP contribution in [0.3, 0.4) is 0 Å². The molecule has 0 fully saturated rings. The van der Waals surface area contributed by atoms with Gasteiger partial charge in [0.15, 0.2) is 5.78 Å². The maximum atomic E-state index is 12.8. The van der Waals surface area contributed by atoms with Crippen LogP contribution in [0.1, 0.15) is 22.8 Å². The molecule has 8 heteroatoms. The number of hydrogen-bond acceptors (Lipinski definition) is 3. The molecule has 0 bridgehead atoms. The first-order valence-electron chi connectivity index (χ1n) is 7.12. The van der Waals surface area contributed by atoms with E-state index in [4.69, 9.17) is 0 Å². The minimum Gasteiger partial charge on any atom is -0.373 e. The lowest BCUT2D eigenvalue weighted by atomic mass is 10.0. The van der Waals surface area contributed by atoms with Crippen molar-refractivity contribution in [3.05, 3.63) is 52.0 Å². The quantitative estimate of drug-likeness (QED) is 0.669. The Balaban J connectivity index is 2.00. The number of carbonyl (C=O) groups is 2. The van der Waals surface area contributed by atoms with Crippen LogP contribution in [0.25, 0.3) is 11.1 Å². The summed E-state index contributed by atoms with van der Waals surface area (Å²) in [6, 6.07) is 9.74. The third-order valence-electron chi connectivity index (χ3n) is 4.06. The topological polar surface area (TPSA) is 66.4 Å². The molecule has 0 spiro atoms. The van der Waals surface area contributed by atoms with Gasteiger partial charge in [-0.05, 0) is 46.1 Å². The lowest BCUT2D eigenvalue weighted by molar-refractivity contribution is -0.242. The first kappa shape index (κ1) is 17.6. The van der Waals surface area contributed by atoms with Crippen molar-refractivity contribution in [2.75, 3.05) is 5.32 Å². The number of rotatable bonds is 2. The number of hydrogen-bond donors (Lipinski definition) is 2. The lowest BCUT2D eigenvalue weighted by Crippen LogP contribution is -2.52. The Hall–Kier alpha value is -2.19. The Morgan fingerprint density at radius 2 is 1.68 bits per heavy atom. The summed E-state index contributed by atoms with van der Waals surface area (Å²) in [5.41, 5.74) is -1.51. The fourth-order valence-electron chi connectivity index (χ4n) is 2.51. The Kier molecular flexibility index (Phi) is 4.00. The van der Waals surface area contributed by atoms with Gasteiger partial charge < -0.3 is 10.4 Å². The second kappa shape index (κ2) is 5.67. The second-order valence-corrected chi connectivity index (χ2v) is 6.63. The fourth-order valence-corrected chi connectivity index (χ4v) is 2.96. The molecule has 1 aliphatic carbocycles. The van der Waals surface area contributed by atoms with Gasteiger partial charge in [0.2, 0.25) is 5.60 Å². The van der Waals surface area contributed by atoms with E-state index in [-0.39, 0.29) is 17.0 Å². The largest absolute Gasteiger partial charge is 0.426 e. The molecule has 1 atom stereocenters. The van der Waals surface area contributed by atoms with Crippen LogP contribution in [0.15, 0.2) is 40.9 Å². The summed E-state index contributed by atoms with van der Waals surface area (Å²) in [6.07, 6.45) is -5.13. The molecule has 0 aliphatic heterocycles. The van der Waals surface area contributed by atoms with E-state index in [2.05, 4.69) is 15.9 Å². The van der Waals surface area contributed by atoms with Crippen molar-refractivity contribution >= 4 is 33.3 Å². The highest BCUT2D eigenvalue weighted by molar-refractivity contribution is 9.10. The summed E-state index contributed by atoms with van der Waals surface area (Å²) in [6.45, 7) is 0.366. The normalized spacial score (nSPS) is 15.4. The average molecular weight is 414 g/mol. The predicted molar refractivity (Wildman–Crippen MR) is 88.3 cm³/mol. The third-order valence-corrected chi connectivity index (χ3v) is 4.71. The maximum Gasteiger partial charge on any atom is 0.426 e. The van der Waals surface area contributed by atoms with Crippen molar-refractivity contribution in [2.45, 2.75) is 18.7 Å². The second-order valence-electron chi connectivity index (χ2n) is 5.78. The fraction of sp³-hybridized carbons (Fsp3) is 0.176. The van der Waals surface area contributed by atoms with Crippen LogP contribution in [-0.2, 0) is 4.79 Å². The number of fused-ring (bicyclic) bond motifs is 3. The van der Waals surface area contributed by atoms with Crippen molar-refractivity contribution < 1.29 is 27.9 Å². The summed E-state index contributed by atoms with van der Waals surface area (Å²) in [7, 11) is 0. The van der Waals surface area contributed by atoms with Crippen LogP contribution >= 0.6 is 15.9 Å². The average Bonchev–Trinajstić information content (AvgIpc) is 2.80. The lowest BCUT2D eigenvalue weighted by Gasteiger charge is -2.25. The van der Waals surface area contributed by atoms with E-state index in [0.29, 0.717) is 28.1 Å². The summed E-state index contributed by atoms with van der Waals surface area (Å²) in [4.78, 5) is 24.3. The number of aliphatic hydroxyl groups is 1. The molecule has 3 rings (SSSR count). The van der Waals surface area contributed by atoms with Crippen LogP contribution in [0.2, 0.25) is 0 Å². The standard InChI is InChI=1S/C17H11BrF3NO3/c1-16(25,17(19,20)21)15(24)22-13-7-11-10(6-12(13)18)8-4-2-3-5-9(8)14(11)23/h2-7,25H,1H3,(H,22,24). The van der Waals surface area contributed by atoms with E-state index in [1.54, 1.807) is 30.3 Å². The molecule has 1 unspecified atom stereocenters. The molecule has 25 heavy (non-hydrogen) atoms. The van der Waals surface area contributed by atoms with Crippen LogP contribution in [0, 0.1) is 0 Å². The van der Waals surface area contributed by atoms with Crippen LogP contribution in [-0.4, -0.2) is 28.6 Å². The smallest absolute Gasteiger partial charge is 0.373 e. The van der Waals surface area contributed by atoms with E-state index in [1.165, 1.54) is 6.07 Å². The van der Waals surface area contributed by atoms with Crippen LogP contribution in [0.5, 0.6) is 0 Å². The molecule has 1 aliphatic rings. The van der Waals surface area contributed by atoms with Crippen molar-refractivity contribution in [3.63, 3.8) is 0 Å². The Labute approximate surface area is 148 Å². The van der Waals surface area contributed by atoms with Gasteiger partial charge in [-0.1, -0.05) is 24.3 Å². The number of benzene rings is 2. The van der Waals surface area contributed by atoms with E-state index >= 15 is 0 Å². The van der Waals surface area contributed by atoms with Gasteiger partial charge in [0.05, 0.1) is 5.69 Å². The number of nitrogens with one attached hydrogen (secondary N) is 1. The van der Waals surface area contributed by atoms with Gasteiger partial charge in [0.25, 0.3) is 5.91 Å². The van der Waals surface area contributed by atoms with Gasteiger partial charge in [-0.25, -0.2) is 0 Å². The minimum absolute atomic E-state index is 0.0329. The predicted octanol–water partition coefficient (Wildman–Crippen LogP) is 3.91. The molecule has 0 saturated carbocycles. The molecule has 0 aromatic heterocycles. The van der Waals surface area contributed by atoms with Gasteiger partial charge in [-0.15, -0.1) is 0 Å². The van der Waals surface area contributed by atoms with Crippen molar-refractivity contribution in [2.24, 2.45) is 0 Å². The van der Waals surface area contributed by atoms with Crippen molar-refractivity contribution in [1.82, 2.24) is 0 Å². The van der Waals surface area contributed by atoms with Gasteiger partial charge in [-0.2, -0.15) is 13.2 Å². The molecular formula is C17H11BrF3NO3. The first-order chi connectivity index (χ1) is 11.5. The molecule has 2 N–H and O–H groups in total. The highest BCUT2D eigenvalue weighted by atomic mass is 79.9. The maximum absolute atomic E-state index is 12.8. The molecule has 2 aromatic carbocycles. The van der Waals surface area contributed by atoms with E-state index < -0.39 is 17.7 Å². The molecule has 0 saturated heterocycles. The highest BCUT2D eigenvalue weighted by Crippen LogP contribution is 2.41. The molecule has 0 heterocycles. The zero-order valence-corrected chi connectivity index (χ0v) is 14.3. The van der Waals surface area contributed by atoms with Crippen LogP contribution in [0.4, 0.5) is 18.9 Å². The summed E-state index contributed by atoms with van der Waals surface area (Å²) < 4.78 is 38.6. The van der Waals surface area contributed by atoms with Gasteiger partial charge >= 0.3 is 6.18 Å². The van der Waals surface area contributed by atoms with Crippen molar-refractivity contribution in [3.8, 4) is 11.1 Å². The zero-order valence-electron chi connectivity index (χ0n) is 12.7. The third kappa shape index (κ3) is 2.75. The molecule has 4 nitrogen and oxygen atoms in total. The molecular weight excluding hydrogens is 403 g/mol. The molecule has 130 valence electrons. The van der Waals surface area contributed by atoms with E-state index in [9.17, 15) is 27.9 Å². The Morgan fingerprint density at radius 1 is 1.08 bits per heavy atom. The van der Waals surface area contributed by atoms with E-state index in [1.807, 2.05) is 5.32 Å². The number of halogens is 4. The van der Waals surface area contributed by atoms with Gasteiger partial charge in [0, 0.05) is 15.6 Å². The number of ketones is 1. The summed E-state index contributed by atoms with van der Waals surface area (Å²) >= 11 is 3.18. The Bertz CT molecular complexity index is 906. The summed E-state index contributed by atoms with van der Waals surface area (Å²) in [5.74, 6) is -1.92. The molecule has 0 radical (unpaired) electrons. The van der Waals surface area contributed by atoms with Crippen LogP contribution < -0.4 is 5.32 Å². The monoisotopic (exact) mass is 413 g/mol. The highest BCUT2D eigenvalue weighted by Gasteiger charge is 2.55. The van der Waals surface area contributed by atoms with Gasteiger partial charge in [0.1, 0.15) is 0 Å². The van der Waals surface area contributed by atoms with Gasteiger partial charge in [-0.3, -0.25) is 9.59 Å². The number of amides is 1. The number of alkyl halides is 3. The molecule has 2 aromatic rings. The number of anilines is 1. The minimum atomic E-state index is -5.13. The van der Waals surface area contributed by atoms with E-state index in [0.717, 1.165) is 0 Å².